The molecule has 5 rings (SSSR count). The number of halogens is 1. The Bertz CT molecular complexity index is 1450. The first-order valence-corrected chi connectivity index (χ1v) is 12.2. The van der Waals surface area contributed by atoms with Crippen LogP contribution in [0.2, 0.25) is 0 Å². The highest BCUT2D eigenvalue weighted by atomic mass is 19.1. The number of carbonyl (C=O) groups is 1. The highest BCUT2D eigenvalue weighted by molar-refractivity contribution is 6.14. The molecule has 2 aromatic heterocycles. The summed E-state index contributed by atoms with van der Waals surface area (Å²) in [5.41, 5.74) is 2.31. The fraction of sp³-hybridized carbons (Fsp3) is 0.385. The summed E-state index contributed by atoms with van der Waals surface area (Å²) in [7, 11) is 3.30. The van der Waals surface area contributed by atoms with Crippen molar-refractivity contribution in [2.24, 2.45) is 7.05 Å². The minimum absolute atomic E-state index is 0.153. The number of amides is 1. The Morgan fingerprint density at radius 1 is 1.19 bits per heavy atom. The van der Waals surface area contributed by atoms with Crippen LogP contribution < -0.4 is 20.3 Å². The summed E-state index contributed by atoms with van der Waals surface area (Å²) in [6.07, 6.45) is 3.39. The third kappa shape index (κ3) is 5.18. The molecule has 2 aromatic carbocycles. The summed E-state index contributed by atoms with van der Waals surface area (Å²) in [5.74, 6) is -0.922. The molecule has 1 fully saturated rings. The molecule has 4 aromatic rings. The molecule has 0 aliphatic carbocycles. The molecule has 0 spiro atoms. The SMILES string of the molecule is COCCOc1ncc2c(N3CC(C)NC(C)C3)ccc(C(=O)Nc3cc(F)c4nn(C)cc4c3)c2n1. The van der Waals surface area contributed by atoms with Gasteiger partial charge in [0, 0.05) is 73.9 Å². The van der Waals surface area contributed by atoms with E-state index in [0.717, 1.165) is 24.2 Å². The summed E-state index contributed by atoms with van der Waals surface area (Å²) >= 11 is 0. The molecule has 1 aliphatic rings. The van der Waals surface area contributed by atoms with Crippen molar-refractivity contribution in [1.82, 2.24) is 25.1 Å². The van der Waals surface area contributed by atoms with Crippen molar-refractivity contribution >= 4 is 39.1 Å². The van der Waals surface area contributed by atoms with Crippen LogP contribution in [0.25, 0.3) is 21.8 Å². The van der Waals surface area contributed by atoms with Gasteiger partial charge < -0.3 is 25.0 Å². The molecule has 2 N–H and O–H groups in total. The van der Waals surface area contributed by atoms with Crippen LogP contribution in [-0.4, -0.2) is 71.2 Å². The van der Waals surface area contributed by atoms with E-state index in [1.54, 1.807) is 38.7 Å². The molecular formula is C26H30FN7O3. The zero-order valence-electron chi connectivity index (χ0n) is 21.3. The number of aryl methyl sites for hydroxylation is 1. The molecule has 0 radical (unpaired) electrons. The average Bonchev–Trinajstić information content (AvgIpc) is 3.23. The van der Waals surface area contributed by atoms with Crippen molar-refractivity contribution in [3.8, 4) is 6.01 Å². The number of methoxy groups -OCH3 is 1. The summed E-state index contributed by atoms with van der Waals surface area (Å²) < 4.78 is 26.8. The number of hydrogen-bond acceptors (Lipinski definition) is 8. The van der Waals surface area contributed by atoms with Crippen molar-refractivity contribution in [3.05, 3.63) is 48.0 Å². The Morgan fingerprint density at radius 3 is 2.73 bits per heavy atom. The van der Waals surface area contributed by atoms with Crippen LogP contribution in [0, 0.1) is 5.82 Å². The number of aromatic nitrogens is 4. The number of nitrogens with one attached hydrogen (secondary N) is 2. The largest absolute Gasteiger partial charge is 0.461 e. The minimum Gasteiger partial charge on any atom is -0.461 e. The van der Waals surface area contributed by atoms with E-state index >= 15 is 0 Å². The van der Waals surface area contributed by atoms with Gasteiger partial charge in [0.1, 0.15) is 12.1 Å². The first-order valence-electron chi connectivity index (χ1n) is 12.2. The molecule has 3 heterocycles. The fourth-order valence-electron chi connectivity index (χ4n) is 4.84. The van der Waals surface area contributed by atoms with Crippen LogP contribution in [0.4, 0.5) is 15.8 Å². The van der Waals surface area contributed by atoms with Gasteiger partial charge >= 0.3 is 6.01 Å². The molecule has 1 saturated heterocycles. The Balaban J connectivity index is 1.53. The van der Waals surface area contributed by atoms with Gasteiger partial charge in [-0.2, -0.15) is 10.1 Å². The monoisotopic (exact) mass is 507 g/mol. The van der Waals surface area contributed by atoms with E-state index in [9.17, 15) is 9.18 Å². The Hall–Kier alpha value is -3.83. The molecule has 0 saturated carbocycles. The van der Waals surface area contributed by atoms with Crippen LogP contribution in [-0.2, 0) is 11.8 Å². The Labute approximate surface area is 213 Å². The Kier molecular flexibility index (Phi) is 6.90. The van der Waals surface area contributed by atoms with Crippen LogP contribution in [0.3, 0.4) is 0 Å². The van der Waals surface area contributed by atoms with E-state index in [0.29, 0.717) is 40.8 Å². The van der Waals surface area contributed by atoms with Crippen LogP contribution in [0.15, 0.2) is 36.7 Å². The van der Waals surface area contributed by atoms with Crippen LogP contribution in [0.5, 0.6) is 6.01 Å². The van der Waals surface area contributed by atoms with Crippen LogP contribution in [0.1, 0.15) is 24.2 Å². The number of ether oxygens (including phenoxy) is 2. The van der Waals surface area contributed by atoms with Gasteiger partial charge in [-0.15, -0.1) is 0 Å². The van der Waals surface area contributed by atoms with Gasteiger partial charge in [0.25, 0.3) is 5.91 Å². The number of hydrogen-bond donors (Lipinski definition) is 2. The van der Waals surface area contributed by atoms with E-state index in [2.05, 4.69) is 44.4 Å². The predicted molar refractivity (Wildman–Crippen MR) is 140 cm³/mol. The number of piperazine rings is 1. The normalized spacial score (nSPS) is 17.9. The molecule has 10 nitrogen and oxygen atoms in total. The maximum Gasteiger partial charge on any atom is 0.317 e. The van der Waals surface area contributed by atoms with Gasteiger partial charge in [0.2, 0.25) is 0 Å². The zero-order valence-corrected chi connectivity index (χ0v) is 21.3. The standard InChI is InChI=1S/C26H30FN7O3/c1-15-12-34(13-16(2)29-15)22-6-5-19(24-20(22)11-28-26(31-24)37-8-7-36-4)25(35)30-18-9-17-14-33(3)32-23(17)21(27)10-18/h5-6,9-11,14-16,29H,7-8,12-13H2,1-4H3,(H,30,35). The molecule has 11 heteroatoms. The second-order valence-corrected chi connectivity index (χ2v) is 9.41. The lowest BCUT2D eigenvalue weighted by Crippen LogP contribution is -2.54. The van der Waals surface area contributed by atoms with Crippen LogP contribution >= 0.6 is 0 Å². The maximum absolute atomic E-state index is 14.6. The third-order valence-corrected chi connectivity index (χ3v) is 6.30. The number of fused-ring (bicyclic) bond motifs is 2. The highest BCUT2D eigenvalue weighted by Gasteiger charge is 2.25. The predicted octanol–water partition coefficient (Wildman–Crippen LogP) is 3.12. The van der Waals surface area contributed by atoms with Crippen molar-refractivity contribution in [1.29, 1.82) is 0 Å². The molecule has 1 aliphatic heterocycles. The number of anilines is 2. The molecular weight excluding hydrogens is 477 g/mol. The van der Waals surface area contributed by atoms with Gasteiger partial charge in [-0.3, -0.25) is 9.48 Å². The number of rotatable bonds is 7. The topological polar surface area (TPSA) is 106 Å². The number of nitrogens with zero attached hydrogens (tertiary/aromatic N) is 5. The number of benzene rings is 2. The molecule has 37 heavy (non-hydrogen) atoms. The summed E-state index contributed by atoms with van der Waals surface area (Å²) in [6, 6.07) is 7.38. The fourth-order valence-corrected chi connectivity index (χ4v) is 4.84. The number of carbonyl (C=O) groups excluding carboxylic acids is 1. The summed E-state index contributed by atoms with van der Waals surface area (Å²) in [6.45, 7) is 6.56. The van der Waals surface area contributed by atoms with Gasteiger partial charge in [-0.05, 0) is 38.1 Å². The maximum atomic E-state index is 14.6. The van der Waals surface area contributed by atoms with E-state index in [1.165, 1.54) is 10.7 Å². The molecule has 2 atom stereocenters. The third-order valence-electron chi connectivity index (χ3n) is 6.30. The van der Waals surface area contributed by atoms with E-state index in [-0.39, 0.29) is 18.1 Å². The zero-order chi connectivity index (χ0) is 26.1. The smallest absolute Gasteiger partial charge is 0.317 e. The van der Waals surface area contributed by atoms with Gasteiger partial charge in [0.15, 0.2) is 5.82 Å². The van der Waals surface area contributed by atoms with Crippen molar-refractivity contribution in [3.63, 3.8) is 0 Å². The van der Waals surface area contributed by atoms with E-state index in [1.807, 2.05) is 6.07 Å². The minimum atomic E-state index is -0.508. The Morgan fingerprint density at radius 2 is 1.97 bits per heavy atom. The summed E-state index contributed by atoms with van der Waals surface area (Å²) in [5, 5.41) is 11.8. The van der Waals surface area contributed by atoms with E-state index < -0.39 is 11.7 Å². The average molecular weight is 508 g/mol. The molecule has 0 bridgehead atoms. The second kappa shape index (κ2) is 10.3. The van der Waals surface area contributed by atoms with Crippen molar-refractivity contribution in [2.45, 2.75) is 25.9 Å². The lowest BCUT2D eigenvalue weighted by Gasteiger charge is -2.38. The first kappa shape index (κ1) is 24.8. The molecule has 1 amide bonds. The highest BCUT2D eigenvalue weighted by Crippen LogP contribution is 2.31. The van der Waals surface area contributed by atoms with Gasteiger partial charge in [-0.1, -0.05) is 0 Å². The van der Waals surface area contributed by atoms with E-state index in [4.69, 9.17) is 9.47 Å². The molecule has 194 valence electrons. The van der Waals surface area contributed by atoms with Gasteiger partial charge in [-0.25, -0.2) is 9.37 Å². The lowest BCUT2D eigenvalue weighted by atomic mass is 10.0. The molecule has 2 unspecified atom stereocenters. The lowest BCUT2D eigenvalue weighted by molar-refractivity contribution is 0.102. The summed E-state index contributed by atoms with van der Waals surface area (Å²) in [4.78, 5) is 24.7. The van der Waals surface area contributed by atoms with Crippen molar-refractivity contribution < 1.29 is 18.7 Å². The quantitative estimate of drug-likeness (QED) is 0.368. The second-order valence-electron chi connectivity index (χ2n) is 9.41. The van der Waals surface area contributed by atoms with Gasteiger partial charge in [0.05, 0.1) is 17.7 Å². The van der Waals surface area contributed by atoms with Crippen molar-refractivity contribution in [2.75, 3.05) is 43.6 Å². The first-order chi connectivity index (χ1) is 17.8.